The second-order valence-corrected chi connectivity index (χ2v) is 4.35. The molecule has 0 amide bonds. The summed E-state index contributed by atoms with van der Waals surface area (Å²) in [6.45, 7) is 4.58. The van der Waals surface area contributed by atoms with Crippen LogP contribution in [0.25, 0.3) is 0 Å². The number of nitrogens with two attached hydrogens (primary N) is 1. The Balaban J connectivity index is 2.21. The molecule has 1 aliphatic carbocycles. The van der Waals surface area contributed by atoms with E-state index in [1.165, 1.54) is 5.01 Å². The topological polar surface area (TPSA) is 77.2 Å². The minimum Gasteiger partial charge on any atom is -0.353 e. The average Bonchev–Trinajstić information content (AvgIpc) is 2.28. The fourth-order valence-corrected chi connectivity index (χ4v) is 1.99. The van der Waals surface area contributed by atoms with Crippen LogP contribution in [-0.2, 0) is 0 Å². The van der Waals surface area contributed by atoms with Crippen molar-refractivity contribution in [1.82, 2.24) is 15.6 Å². The van der Waals surface area contributed by atoms with Gasteiger partial charge in [0.1, 0.15) is 0 Å². The van der Waals surface area contributed by atoms with Crippen molar-refractivity contribution in [1.29, 1.82) is 5.41 Å². The molecule has 0 bridgehead atoms. The van der Waals surface area contributed by atoms with Gasteiger partial charge in [-0.05, 0) is 25.7 Å². The Morgan fingerprint density at radius 3 is 2.50 bits per heavy atom. The lowest BCUT2D eigenvalue weighted by Gasteiger charge is -2.31. The van der Waals surface area contributed by atoms with E-state index in [4.69, 9.17) is 11.3 Å². The summed E-state index contributed by atoms with van der Waals surface area (Å²) in [7, 11) is 1.67. The summed E-state index contributed by atoms with van der Waals surface area (Å²) in [5, 5.41) is 15.5. The van der Waals surface area contributed by atoms with Gasteiger partial charge >= 0.3 is 0 Å². The van der Waals surface area contributed by atoms with E-state index in [1.807, 2.05) is 6.08 Å². The Bertz CT molecular complexity index is 231. The van der Waals surface area contributed by atoms with Crippen LogP contribution in [0.2, 0.25) is 0 Å². The molecule has 0 saturated heterocycles. The van der Waals surface area contributed by atoms with Gasteiger partial charge in [-0.1, -0.05) is 6.08 Å². The predicted octanol–water partition coefficient (Wildman–Crippen LogP) is 0.403. The monoisotopic (exact) mass is 225 g/mol. The van der Waals surface area contributed by atoms with Gasteiger partial charge in [0.2, 0.25) is 5.96 Å². The van der Waals surface area contributed by atoms with Crippen LogP contribution >= 0.6 is 0 Å². The van der Waals surface area contributed by atoms with Gasteiger partial charge in [-0.15, -0.1) is 6.58 Å². The summed E-state index contributed by atoms with van der Waals surface area (Å²) in [6.07, 6.45) is 6.36. The molecule has 0 aliphatic heterocycles. The molecule has 16 heavy (non-hydrogen) atoms. The van der Waals surface area contributed by atoms with Gasteiger partial charge in [-0.25, -0.2) is 5.84 Å². The SMILES string of the molecule is C=CCN[C@H]1CC[C@H](NC(=N)N(C)N)CC1. The summed E-state index contributed by atoms with van der Waals surface area (Å²) in [6, 6.07) is 0.987. The number of hydrogen-bond donors (Lipinski definition) is 4. The van der Waals surface area contributed by atoms with E-state index in [0.717, 1.165) is 32.2 Å². The Morgan fingerprint density at radius 1 is 1.44 bits per heavy atom. The third kappa shape index (κ3) is 4.20. The molecule has 0 heterocycles. The molecule has 1 rings (SSSR count). The van der Waals surface area contributed by atoms with Crippen molar-refractivity contribution in [3.05, 3.63) is 12.7 Å². The van der Waals surface area contributed by atoms with Crippen LogP contribution in [0.4, 0.5) is 0 Å². The molecule has 0 unspecified atom stereocenters. The Morgan fingerprint density at radius 2 is 2.00 bits per heavy atom. The molecule has 0 aromatic rings. The smallest absolute Gasteiger partial charge is 0.205 e. The van der Waals surface area contributed by atoms with Gasteiger partial charge < -0.3 is 10.6 Å². The van der Waals surface area contributed by atoms with Crippen molar-refractivity contribution in [3.63, 3.8) is 0 Å². The first-order chi connectivity index (χ1) is 7.63. The van der Waals surface area contributed by atoms with Crippen molar-refractivity contribution < 1.29 is 0 Å². The van der Waals surface area contributed by atoms with Gasteiger partial charge in [0, 0.05) is 25.7 Å². The van der Waals surface area contributed by atoms with Gasteiger partial charge in [0.05, 0.1) is 0 Å². The standard InChI is InChI=1S/C11H23N5/c1-3-8-14-9-4-6-10(7-5-9)15-11(12)16(2)13/h3,9-10,14H,1,4-8,13H2,2H3,(H2,12,15)/t9-,10-. The largest absolute Gasteiger partial charge is 0.353 e. The number of nitrogens with zero attached hydrogens (tertiary/aromatic N) is 1. The third-order valence-electron chi connectivity index (χ3n) is 2.97. The number of hydrogen-bond acceptors (Lipinski definition) is 3. The molecule has 5 nitrogen and oxygen atoms in total. The molecule has 92 valence electrons. The Labute approximate surface area is 97.5 Å². The van der Waals surface area contributed by atoms with Crippen molar-refractivity contribution in [2.24, 2.45) is 5.84 Å². The van der Waals surface area contributed by atoms with Crippen LogP contribution in [0.5, 0.6) is 0 Å². The zero-order valence-electron chi connectivity index (χ0n) is 10.00. The van der Waals surface area contributed by atoms with Crippen LogP contribution in [0.3, 0.4) is 0 Å². The van der Waals surface area contributed by atoms with E-state index < -0.39 is 0 Å². The molecule has 0 aromatic carbocycles. The van der Waals surface area contributed by atoms with Gasteiger partial charge in [0.25, 0.3) is 0 Å². The maximum Gasteiger partial charge on any atom is 0.205 e. The molecule has 0 atom stereocenters. The number of hydrazine groups is 1. The number of rotatable bonds is 4. The van der Waals surface area contributed by atoms with Gasteiger partial charge in [-0.3, -0.25) is 10.4 Å². The van der Waals surface area contributed by atoms with E-state index in [0.29, 0.717) is 18.0 Å². The Hall–Kier alpha value is -1.07. The molecule has 1 aliphatic rings. The molecule has 5 N–H and O–H groups in total. The molecule has 0 spiro atoms. The molecular weight excluding hydrogens is 202 g/mol. The molecule has 5 heteroatoms. The van der Waals surface area contributed by atoms with E-state index >= 15 is 0 Å². The predicted molar refractivity (Wildman–Crippen MR) is 67.1 cm³/mol. The molecule has 0 radical (unpaired) electrons. The second-order valence-electron chi connectivity index (χ2n) is 4.35. The zero-order valence-corrected chi connectivity index (χ0v) is 10.00. The Kier molecular flexibility index (Phi) is 5.28. The highest BCUT2D eigenvalue weighted by Gasteiger charge is 2.21. The third-order valence-corrected chi connectivity index (χ3v) is 2.97. The minimum absolute atomic E-state index is 0.294. The lowest BCUT2D eigenvalue weighted by Crippen LogP contribution is -2.49. The lowest BCUT2D eigenvalue weighted by molar-refractivity contribution is 0.327. The van der Waals surface area contributed by atoms with Gasteiger partial charge in [0.15, 0.2) is 0 Å². The van der Waals surface area contributed by atoms with E-state index in [9.17, 15) is 0 Å². The summed E-state index contributed by atoms with van der Waals surface area (Å²) < 4.78 is 0. The fourth-order valence-electron chi connectivity index (χ4n) is 1.99. The normalized spacial score (nSPS) is 24.9. The lowest BCUT2D eigenvalue weighted by atomic mass is 9.91. The van der Waals surface area contributed by atoms with E-state index in [1.54, 1.807) is 7.05 Å². The molecule has 1 fully saturated rings. The minimum atomic E-state index is 0.294. The first-order valence-electron chi connectivity index (χ1n) is 5.81. The maximum atomic E-state index is 7.60. The average molecular weight is 225 g/mol. The zero-order chi connectivity index (χ0) is 12.0. The van der Waals surface area contributed by atoms with Crippen LogP contribution < -0.4 is 16.5 Å². The van der Waals surface area contributed by atoms with Crippen LogP contribution in [0.15, 0.2) is 12.7 Å². The van der Waals surface area contributed by atoms with E-state index in [-0.39, 0.29) is 0 Å². The van der Waals surface area contributed by atoms with E-state index in [2.05, 4.69) is 17.2 Å². The summed E-state index contributed by atoms with van der Waals surface area (Å²) in [4.78, 5) is 0. The van der Waals surface area contributed by atoms with Crippen molar-refractivity contribution in [2.45, 2.75) is 37.8 Å². The summed E-state index contributed by atoms with van der Waals surface area (Å²) in [5.41, 5.74) is 0. The van der Waals surface area contributed by atoms with Crippen molar-refractivity contribution >= 4 is 5.96 Å². The molecule has 1 saturated carbocycles. The molecular formula is C11H23N5. The summed E-state index contributed by atoms with van der Waals surface area (Å²) >= 11 is 0. The number of guanidine groups is 1. The summed E-state index contributed by atoms with van der Waals surface area (Å²) in [5.74, 6) is 5.76. The van der Waals surface area contributed by atoms with Gasteiger partial charge in [-0.2, -0.15) is 0 Å². The fraction of sp³-hybridized carbons (Fsp3) is 0.727. The van der Waals surface area contributed by atoms with Crippen LogP contribution in [-0.4, -0.2) is 36.6 Å². The molecule has 0 aromatic heterocycles. The maximum absolute atomic E-state index is 7.60. The van der Waals surface area contributed by atoms with Crippen LogP contribution in [0, 0.1) is 5.41 Å². The first-order valence-corrected chi connectivity index (χ1v) is 5.81. The first kappa shape index (κ1) is 13.0. The quantitative estimate of drug-likeness (QED) is 0.184. The van der Waals surface area contributed by atoms with Crippen molar-refractivity contribution in [3.8, 4) is 0 Å². The van der Waals surface area contributed by atoms with Crippen molar-refractivity contribution in [2.75, 3.05) is 13.6 Å². The highest BCUT2D eigenvalue weighted by Crippen LogP contribution is 2.18. The highest BCUT2D eigenvalue weighted by molar-refractivity contribution is 5.75. The highest BCUT2D eigenvalue weighted by atomic mass is 15.5. The number of nitrogens with one attached hydrogen (secondary N) is 3. The van der Waals surface area contributed by atoms with Crippen LogP contribution in [0.1, 0.15) is 25.7 Å². The second kappa shape index (κ2) is 6.50.